The Hall–Kier alpha value is -1.40. The summed E-state index contributed by atoms with van der Waals surface area (Å²) in [6, 6.07) is 4.96. The van der Waals surface area contributed by atoms with Crippen molar-refractivity contribution in [1.82, 2.24) is 9.97 Å². The fourth-order valence-electron chi connectivity index (χ4n) is 2.39. The Labute approximate surface area is 111 Å². The second-order valence-corrected chi connectivity index (χ2v) is 6.99. The van der Waals surface area contributed by atoms with Gasteiger partial charge >= 0.3 is 0 Å². The lowest BCUT2D eigenvalue weighted by Crippen LogP contribution is -2.09. The number of hydrogen-bond donors (Lipinski definition) is 1. The van der Waals surface area contributed by atoms with Crippen LogP contribution in [0.2, 0.25) is 0 Å². The minimum atomic E-state index is -3.18. The molecule has 1 saturated heterocycles. The summed E-state index contributed by atoms with van der Waals surface area (Å²) in [5.41, 5.74) is 1.55. The third-order valence-electron chi connectivity index (χ3n) is 3.38. The molecule has 0 saturated carbocycles. The molecule has 5 nitrogen and oxygen atoms in total. The second-order valence-electron chi connectivity index (χ2n) is 4.97. The first-order valence-corrected chi connectivity index (χ1v) is 8.22. The van der Waals surface area contributed by atoms with E-state index in [1.54, 1.807) is 18.2 Å². The van der Waals surface area contributed by atoms with Crippen molar-refractivity contribution in [1.29, 1.82) is 0 Å². The summed E-state index contributed by atoms with van der Waals surface area (Å²) in [5.74, 6) is 0.854. The molecule has 102 valence electrons. The summed E-state index contributed by atoms with van der Waals surface area (Å²) in [5, 5.41) is 0. The number of nitrogens with one attached hydrogen (secondary N) is 1. The van der Waals surface area contributed by atoms with Crippen LogP contribution < -0.4 is 0 Å². The normalized spacial score (nSPS) is 20.2. The number of benzene rings is 1. The molecule has 1 aliphatic rings. The topological polar surface area (TPSA) is 72.1 Å². The van der Waals surface area contributed by atoms with Crippen molar-refractivity contribution in [3.8, 4) is 0 Å². The molecule has 1 aromatic carbocycles. The second kappa shape index (κ2) is 4.61. The maximum absolute atomic E-state index is 11.5. The molecule has 1 atom stereocenters. The first-order valence-electron chi connectivity index (χ1n) is 6.33. The van der Waals surface area contributed by atoms with E-state index >= 15 is 0 Å². The van der Waals surface area contributed by atoms with E-state index in [-0.39, 0.29) is 6.10 Å². The van der Waals surface area contributed by atoms with Gasteiger partial charge in [-0.05, 0) is 31.0 Å². The van der Waals surface area contributed by atoms with Gasteiger partial charge in [0.25, 0.3) is 0 Å². The van der Waals surface area contributed by atoms with Gasteiger partial charge in [0.15, 0.2) is 9.84 Å². The first-order chi connectivity index (χ1) is 9.02. The standard InChI is InChI=1S/C13H16N2O3S/c1-19(16,17)10-4-5-11-12(8-10)15-13(14-11)7-9-3-2-6-18-9/h4-5,8-9H,2-3,6-7H2,1H3,(H,14,15). The maximum atomic E-state index is 11.5. The third-order valence-corrected chi connectivity index (χ3v) is 4.49. The SMILES string of the molecule is CS(=O)(=O)c1ccc2nc(CC3CCCO3)[nH]c2c1. The van der Waals surface area contributed by atoms with Crippen LogP contribution in [0, 0.1) is 0 Å². The van der Waals surface area contributed by atoms with Crippen molar-refractivity contribution < 1.29 is 13.2 Å². The van der Waals surface area contributed by atoms with Gasteiger partial charge in [-0.15, -0.1) is 0 Å². The largest absolute Gasteiger partial charge is 0.378 e. The van der Waals surface area contributed by atoms with E-state index in [1.165, 1.54) is 6.26 Å². The number of H-pyrrole nitrogens is 1. The van der Waals surface area contributed by atoms with Crippen molar-refractivity contribution in [2.24, 2.45) is 0 Å². The van der Waals surface area contributed by atoms with Crippen molar-refractivity contribution in [2.75, 3.05) is 12.9 Å². The van der Waals surface area contributed by atoms with Crippen molar-refractivity contribution >= 4 is 20.9 Å². The molecule has 0 amide bonds. The molecule has 2 heterocycles. The van der Waals surface area contributed by atoms with Crippen molar-refractivity contribution in [3.05, 3.63) is 24.0 Å². The fraction of sp³-hybridized carbons (Fsp3) is 0.462. The Balaban J connectivity index is 1.92. The molecule has 1 fully saturated rings. The van der Waals surface area contributed by atoms with Gasteiger partial charge in [0, 0.05) is 19.3 Å². The van der Waals surface area contributed by atoms with Crippen LogP contribution in [0.1, 0.15) is 18.7 Å². The molecule has 1 unspecified atom stereocenters. The average Bonchev–Trinajstić information content (AvgIpc) is 2.95. The van der Waals surface area contributed by atoms with Crippen LogP contribution in [0.5, 0.6) is 0 Å². The van der Waals surface area contributed by atoms with Gasteiger partial charge < -0.3 is 9.72 Å². The Morgan fingerprint density at radius 2 is 2.32 bits per heavy atom. The molecular formula is C13H16N2O3S. The monoisotopic (exact) mass is 280 g/mol. The Morgan fingerprint density at radius 3 is 3.00 bits per heavy atom. The van der Waals surface area contributed by atoms with Gasteiger partial charge in [-0.25, -0.2) is 13.4 Å². The summed E-state index contributed by atoms with van der Waals surface area (Å²) in [7, 11) is -3.18. The minimum absolute atomic E-state index is 0.231. The van der Waals surface area contributed by atoms with Crippen LogP contribution in [0.3, 0.4) is 0 Å². The van der Waals surface area contributed by atoms with Crippen LogP contribution in [0.4, 0.5) is 0 Å². The van der Waals surface area contributed by atoms with Crippen LogP contribution in [-0.2, 0) is 21.0 Å². The fourth-order valence-corrected chi connectivity index (χ4v) is 3.04. The number of hydrogen-bond acceptors (Lipinski definition) is 4. The van der Waals surface area contributed by atoms with Crippen LogP contribution in [-0.4, -0.2) is 37.4 Å². The Bertz CT molecular complexity index is 700. The molecule has 0 aliphatic carbocycles. The number of fused-ring (bicyclic) bond motifs is 1. The van der Waals surface area contributed by atoms with Gasteiger partial charge in [-0.2, -0.15) is 0 Å². The summed E-state index contributed by atoms with van der Waals surface area (Å²) < 4.78 is 28.6. The molecule has 19 heavy (non-hydrogen) atoms. The van der Waals surface area contributed by atoms with Crippen molar-refractivity contribution in [2.45, 2.75) is 30.3 Å². The molecule has 6 heteroatoms. The van der Waals surface area contributed by atoms with E-state index in [0.29, 0.717) is 4.90 Å². The van der Waals surface area contributed by atoms with E-state index < -0.39 is 9.84 Å². The first kappa shape index (κ1) is 12.6. The predicted octanol–water partition coefficient (Wildman–Crippen LogP) is 1.69. The summed E-state index contributed by atoms with van der Waals surface area (Å²) in [6.07, 6.45) is 4.35. The molecule has 2 aromatic rings. The van der Waals surface area contributed by atoms with Crippen LogP contribution in [0.25, 0.3) is 11.0 Å². The summed E-state index contributed by atoms with van der Waals surface area (Å²) in [4.78, 5) is 7.96. The molecular weight excluding hydrogens is 264 g/mol. The molecule has 0 radical (unpaired) electrons. The number of imidazole rings is 1. The quantitative estimate of drug-likeness (QED) is 0.928. The van der Waals surface area contributed by atoms with Crippen LogP contribution >= 0.6 is 0 Å². The highest BCUT2D eigenvalue weighted by molar-refractivity contribution is 7.90. The molecule has 0 spiro atoms. The number of nitrogens with zero attached hydrogens (tertiary/aromatic N) is 1. The zero-order valence-corrected chi connectivity index (χ0v) is 11.5. The lowest BCUT2D eigenvalue weighted by molar-refractivity contribution is 0.110. The molecule has 1 aliphatic heterocycles. The van der Waals surface area contributed by atoms with Gasteiger partial charge in [-0.3, -0.25) is 0 Å². The summed E-state index contributed by atoms with van der Waals surface area (Å²) in [6.45, 7) is 0.823. The minimum Gasteiger partial charge on any atom is -0.378 e. The lowest BCUT2D eigenvalue weighted by atomic mass is 10.2. The molecule has 3 rings (SSSR count). The van der Waals surface area contributed by atoms with Gasteiger partial charge in [0.1, 0.15) is 5.82 Å². The molecule has 1 N–H and O–H groups in total. The van der Waals surface area contributed by atoms with Gasteiger partial charge in [-0.1, -0.05) is 0 Å². The van der Waals surface area contributed by atoms with Gasteiger partial charge in [0.2, 0.25) is 0 Å². The lowest BCUT2D eigenvalue weighted by Gasteiger charge is -2.05. The summed E-state index contributed by atoms with van der Waals surface area (Å²) >= 11 is 0. The van der Waals surface area contributed by atoms with E-state index in [4.69, 9.17) is 4.74 Å². The van der Waals surface area contributed by atoms with Gasteiger partial charge in [0.05, 0.1) is 22.0 Å². The number of aromatic nitrogens is 2. The van der Waals surface area contributed by atoms with E-state index in [0.717, 1.165) is 42.7 Å². The number of aromatic amines is 1. The zero-order valence-electron chi connectivity index (χ0n) is 10.7. The van der Waals surface area contributed by atoms with E-state index in [9.17, 15) is 8.42 Å². The smallest absolute Gasteiger partial charge is 0.175 e. The number of ether oxygens (including phenoxy) is 1. The maximum Gasteiger partial charge on any atom is 0.175 e. The Kier molecular flexibility index (Phi) is 3.06. The number of rotatable bonds is 3. The molecule has 1 aromatic heterocycles. The molecule has 0 bridgehead atoms. The zero-order chi connectivity index (χ0) is 13.5. The highest BCUT2D eigenvalue weighted by Crippen LogP contribution is 2.20. The highest BCUT2D eigenvalue weighted by Gasteiger charge is 2.18. The third kappa shape index (κ3) is 2.64. The number of sulfone groups is 1. The van der Waals surface area contributed by atoms with E-state index in [1.807, 2.05) is 0 Å². The Morgan fingerprint density at radius 1 is 1.47 bits per heavy atom. The predicted molar refractivity (Wildman–Crippen MR) is 71.9 cm³/mol. The van der Waals surface area contributed by atoms with Crippen LogP contribution in [0.15, 0.2) is 23.1 Å². The highest BCUT2D eigenvalue weighted by atomic mass is 32.2. The average molecular weight is 280 g/mol. The van der Waals surface area contributed by atoms with E-state index in [2.05, 4.69) is 9.97 Å². The van der Waals surface area contributed by atoms with Crippen molar-refractivity contribution in [3.63, 3.8) is 0 Å².